The standard InChI is InChI=1S/C18H22N4O3/c1-18(2,3)25-17(24)21-9-12-13(10-21)16(12)14-6-7-22(20-14)15-5-4-11(23)8-19-15/h4-8,12-13,16,23H,9-10H2,1-3H3/t12-,13+,16?. The molecule has 1 N–H and O–H groups in total. The van der Waals surface area contributed by atoms with Gasteiger partial charge in [-0.2, -0.15) is 5.10 Å². The maximum atomic E-state index is 12.1. The minimum Gasteiger partial charge on any atom is -0.506 e. The van der Waals surface area contributed by atoms with E-state index in [-0.39, 0.29) is 11.8 Å². The van der Waals surface area contributed by atoms with Crippen molar-refractivity contribution in [2.24, 2.45) is 11.8 Å². The van der Waals surface area contributed by atoms with Gasteiger partial charge in [0.05, 0.1) is 11.9 Å². The maximum absolute atomic E-state index is 12.1. The zero-order valence-corrected chi connectivity index (χ0v) is 14.6. The Labute approximate surface area is 146 Å². The number of carbonyl (C=O) groups is 1. The molecule has 2 aliphatic rings. The van der Waals surface area contributed by atoms with Gasteiger partial charge in [-0.1, -0.05) is 0 Å². The van der Waals surface area contributed by atoms with Gasteiger partial charge in [-0.3, -0.25) is 0 Å². The Kier molecular flexibility index (Phi) is 3.49. The van der Waals surface area contributed by atoms with Crippen LogP contribution in [0.5, 0.6) is 5.75 Å². The second kappa shape index (κ2) is 5.47. The van der Waals surface area contributed by atoms with E-state index < -0.39 is 5.60 Å². The first-order chi connectivity index (χ1) is 11.8. The Hall–Kier alpha value is -2.57. The molecule has 1 saturated carbocycles. The highest BCUT2D eigenvalue weighted by atomic mass is 16.6. The fraction of sp³-hybridized carbons (Fsp3) is 0.500. The Bertz CT molecular complexity index is 781. The van der Waals surface area contributed by atoms with Gasteiger partial charge in [0.2, 0.25) is 0 Å². The number of rotatable bonds is 2. The molecule has 1 amide bonds. The van der Waals surface area contributed by atoms with E-state index in [1.54, 1.807) is 21.7 Å². The summed E-state index contributed by atoms with van der Waals surface area (Å²) in [6.07, 6.45) is 3.06. The zero-order valence-electron chi connectivity index (χ0n) is 14.6. The predicted octanol–water partition coefficient (Wildman–Crippen LogP) is 2.55. The van der Waals surface area contributed by atoms with Gasteiger partial charge < -0.3 is 14.7 Å². The van der Waals surface area contributed by atoms with Crippen molar-refractivity contribution in [3.05, 3.63) is 36.3 Å². The number of aromatic hydroxyl groups is 1. The smallest absolute Gasteiger partial charge is 0.410 e. The highest BCUT2D eigenvalue weighted by Gasteiger charge is 2.58. The molecule has 0 aromatic carbocycles. The lowest BCUT2D eigenvalue weighted by Gasteiger charge is -2.25. The van der Waals surface area contributed by atoms with Crippen molar-refractivity contribution in [3.63, 3.8) is 0 Å². The summed E-state index contributed by atoms with van der Waals surface area (Å²) in [6.45, 7) is 7.11. The number of carbonyl (C=O) groups excluding carboxylic acids is 1. The number of likely N-dealkylation sites (tertiary alicyclic amines) is 1. The van der Waals surface area contributed by atoms with Gasteiger partial charge in [-0.15, -0.1) is 0 Å². The van der Waals surface area contributed by atoms with Crippen LogP contribution >= 0.6 is 0 Å². The second-order valence-corrected chi connectivity index (χ2v) is 7.80. The Balaban J connectivity index is 1.39. The van der Waals surface area contributed by atoms with Crippen LogP contribution < -0.4 is 0 Å². The van der Waals surface area contributed by atoms with Gasteiger partial charge >= 0.3 is 6.09 Å². The number of pyridine rings is 1. The predicted molar refractivity (Wildman–Crippen MR) is 90.6 cm³/mol. The molecule has 7 nitrogen and oxygen atoms in total. The van der Waals surface area contributed by atoms with Gasteiger partial charge in [0.1, 0.15) is 11.4 Å². The van der Waals surface area contributed by atoms with Crippen LogP contribution in [-0.2, 0) is 4.74 Å². The number of fused-ring (bicyclic) bond motifs is 1. The summed E-state index contributed by atoms with van der Waals surface area (Å²) >= 11 is 0. The molecule has 7 heteroatoms. The fourth-order valence-corrected chi connectivity index (χ4v) is 3.60. The van der Waals surface area contributed by atoms with Crippen molar-refractivity contribution in [1.29, 1.82) is 0 Å². The molecular formula is C18H22N4O3. The van der Waals surface area contributed by atoms with Crippen LogP contribution in [0.1, 0.15) is 32.4 Å². The first-order valence-electron chi connectivity index (χ1n) is 8.51. The summed E-state index contributed by atoms with van der Waals surface area (Å²) in [7, 11) is 0. The molecule has 2 aromatic heterocycles. The molecule has 3 heterocycles. The fourth-order valence-electron chi connectivity index (χ4n) is 3.60. The van der Waals surface area contributed by atoms with E-state index in [4.69, 9.17) is 4.74 Å². The van der Waals surface area contributed by atoms with E-state index in [1.807, 2.05) is 33.0 Å². The third-order valence-electron chi connectivity index (χ3n) is 4.76. The molecular weight excluding hydrogens is 320 g/mol. The van der Waals surface area contributed by atoms with Crippen molar-refractivity contribution in [1.82, 2.24) is 19.7 Å². The first kappa shape index (κ1) is 15.9. The first-order valence-corrected chi connectivity index (χ1v) is 8.51. The summed E-state index contributed by atoms with van der Waals surface area (Å²) < 4.78 is 7.16. The van der Waals surface area contributed by atoms with Crippen LogP contribution in [0.3, 0.4) is 0 Å². The summed E-state index contributed by atoms with van der Waals surface area (Å²) in [5.74, 6) is 2.13. The van der Waals surface area contributed by atoms with Crippen molar-refractivity contribution < 1.29 is 14.6 Å². The summed E-state index contributed by atoms with van der Waals surface area (Å²) in [4.78, 5) is 18.1. The monoisotopic (exact) mass is 342 g/mol. The SMILES string of the molecule is CC(C)(C)OC(=O)N1C[C@@H]2C(c3ccn(-c4ccc(O)cn4)n3)[C@@H]2C1. The molecule has 25 heavy (non-hydrogen) atoms. The maximum Gasteiger partial charge on any atom is 0.410 e. The van der Waals surface area contributed by atoms with Crippen molar-refractivity contribution in [3.8, 4) is 11.6 Å². The van der Waals surface area contributed by atoms with Crippen LogP contribution in [0.4, 0.5) is 4.79 Å². The third kappa shape index (κ3) is 3.06. The number of nitrogens with zero attached hydrogens (tertiary/aromatic N) is 4. The normalized spacial score (nSPS) is 24.9. The van der Waals surface area contributed by atoms with Crippen LogP contribution in [-0.4, -0.2) is 49.6 Å². The highest BCUT2D eigenvalue weighted by molar-refractivity contribution is 5.69. The number of aromatic nitrogens is 3. The molecule has 1 unspecified atom stereocenters. The van der Waals surface area contributed by atoms with Crippen LogP contribution in [0.25, 0.3) is 5.82 Å². The lowest BCUT2D eigenvalue weighted by Crippen LogP contribution is -2.36. The minimum atomic E-state index is -0.459. The molecule has 0 spiro atoms. The molecule has 2 fully saturated rings. The Morgan fingerprint density at radius 2 is 1.96 bits per heavy atom. The molecule has 1 aliphatic heterocycles. The molecule has 0 radical (unpaired) electrons. The van der Waals surface area contributed by atoms with E-state index in [0.29, 0.717) is 23.6 Å². The van der Waals surface area contributed by atoms with E-state index in [9.17, 15) is 9.90 Å². The molecule has 132 valence electrons. The van der Waals surface area contributed by atoms with Gasteiger partial charge in [-0.25, -0.2) is 14.5 Å². The molecule has 4 rings (SSSR count). The topological polar surface area (TPSA) is 80.5 Å². The minimum absolute atomic E-state index is 0.134. The Morgan fingerprint density at radius 3 is 2.56 bits per heavy atom. The van der Waals surface area contributed by atoms with E-state index in [2.05, 4.69) is 10.1 Å². The molecule has 3 atom stereocenters. The molecule has 0 bridgehead atoms. The van der Waals surface area contributed by atoms with Gasteiger partial charge in [0.25, 0.3) is 0 Å². The van der Waals surface area contributed by atoms with E-state index in [0.717, 1.165) is 18.8 Å². The Morgan fingerprint density at radius 1 is 1.24 bits per heavy atom. The van der Waals surface area contributed by atoms with Crippen molar-refractivity contribution in [2.45, 2.75) is 32.3 Å². The van der Waals surface area contributed by atoms with Crippen LogP contribution in [0.15, 0.2) is 30.6 Å². The summed E-state index contributed by atoms with van der Waals surface area (Å²) in [6, 6.07) is 5.33. The molecule has 2 aromatic rings. The van der Waals surface area contributed by atoms with Gasteiger partial charge in [0, 0.05) is 25.2 Å². The van der Waals surface area contributed by atoms with E-state index in [1.165, 1.54) is 6.20 Å². The number of hydrogen-bond donors (Lipinski definition) is 1. The highest BCUT2D eigenvalue weighted by Crippen LogP contribution is 2.57. The number of piperidine rings is 1. The second-order valence-electron chi connectivity index (χ2n) is 7.80. The van der Waals surface area contributed by atoms with E-state index >= 15 is 0 Å². The van der Waals surface area contributed by atoms with Gasteiger partial charge in [-0.05, 0) is 50.8 Å². The number of ether oxygens (including phenoxy) is 1. The lowest BCUT2D eigenvalue weighted by atomic mass is 10.2. The number of amides is 1. The zero-order chi connectivity index (χ0) is 17.8. The average molecular weight is 342 g/mol. The van der Waals surface area contributed by atoms with Gasteiger partial charge in [0.15, 0.2) is 5.82 Å². The van der Waals surface area contributed by atoms with Crippen LogP contribution in [0, 0.1) is 11.8 Å². The van der Waals surface area contributed by atoms with Crippen LogP contribution in [0.2, 0.25) is 0 Å². The largest absolute Gasteiger partial charge is 0.506 e. The quantitative estimate of drug-likeness (QED) is 0.907. The lowest BCUT2D eigenvalue weighted by molar-refractivity contribution is 0.0270. The third-order valence-corrected chi connectivity index (χ3v) is 4.76. The van der Waals surface area contributed by atoms with Crippen molar-refractivity contribution in [2.75, 3.05) is 13.1 Å². The summed E-state index contributed by atoms with van der Waals surface area (Å²) in [5.41, 5.74) is 0.577. The summed E-state index contributed by atoms with van der Waals surface area (Å²) in [5, 5.41) is 13.9. The average Bonchev–Trinajstić information content (AvgIpc) is 2.94. The number of hydrogen-bond acceptors (Lipinski definition) is 5. The van der Waals surface area contributed by atoms with Crippen molar-refractivity contribution >= 4 is 6.09 Å². The molecule has 1 saturated heterocycles. The molecule has 1 aliphatic carbocycles.